The summed E-state index contributed by atoms with van der Waals surface area (Å²) in [4.78, 5) is 10.1. The van der Waals surface area contributed by atoms with E-state index in [0.717, 1.165) is 0 Å². The van der Waals surface area contributed by atoms with Gasteiger partial charge in [-0.25, -0.2) is 13.6 Å². The van der Waals surface area contributed by atoms with Crippen LogP contribution in [0.1, 0.15) is 19.8 Å². The van der Waals surface area contributed by atoms with E-state index in [1.54, 1.807) is 12.1 Å². The first-order valence-electron chi connectivity index (χ1n) is 6.15. The van der Waals surface area contributed by atoms with Crippen molar-refractivity contribution < 1.29 is 18.1 Å². The lowest BCUT2D eigenvalue weighted by Crippen LogP contribution is -2.18. The van der Waals surface area contributed by atoms with Gasteiger partial charge in [-0.15, -0.1) is 0 Å². The zero-order valence-electron chi connectivity index (χ0n) is 11.2. The van der Waals surface area contributed by atoms with E-state index in [0.29, 0.717) is 25.2 Å². The first kappa shape index (κ1) is 16.4. The van der Waals surface area contributed by atoms with Crippen LogP contribution in [0.4, 0.5) is 5.69 Å². The Morgan fingerprint density at radius 1 is 1.40 bits per heavy atom. The Morgan fingerprint density at radius 2 is 2.10 bits per heavy atom. The summed E-state index contributed by atoms with van der Waals surface area (Å²) >= 11 is 0. The van der Waals surface area contributed by atoms with Gasteiger partial charge < -0.3 is 4.74 Å². The van der Waals surface area contributed by atoms with E-state index in [1.807, 2.05) is 6.92 Å². The zero-order chi connectivity index (χ0) is 15.2. The summed E-state index contributed by atoms with van der Waals surface area (Å²) in [6.07, 6.45) is 1.12. The zero-order valence-corrected chi connectivity index (χ0v) is 12.0. The first-order chi connectivity index (χ1) is 9.28. The van der Waals surface area contributed by atoms with E-state index in [4.69, 9.17) is 9.88 Å². The maximum atomic E-state index is 10.8. The molecule has 0 spiro atoms. The Hall–Kier alpha value is -1.67. The standard InChI is InChI=1S/C12H18N2O5S/c1-10(6-8-20(13,17)18)5-7-19-12-4-2-3-11(9-12)14(15)16/h2-4,9-10H,5-8H2,1H3,(H2,13,17,18). The van der Waals surface area contributed by atoms with Crippen molar-refractivity contribution in [2.45, 2.75) is 19.8 Å². The maximum absolute atomic E-state index is 10.8. The highest BCUT2D eigenvalue weighted by Crippen LogP contribution is 2.19. The van der Waals surface area contributed by atoms with Crippen LogP contribution in [-0.2, 0) is 10.0 Å². The molecule has 2 N–H and O–H groups in total. The third-order valence-corrected chi connectivity index (χ3v) is 3.61. The lowest BCUT2D eigenvalue weighted by molar-refractivity contribution is -0.384. The van der Waals surface area contributed by atoms with Crippen molar-refractivity contribution in [2.75, 3.05) is 12.4 Å². The van der Waals surface area contributed by atoms with Gasteiger partial charge in [0.25, 0.3) is 5.69 Å². The second kappa shape index (κ2) is 7.20. The Labute approximate surface area is 117 Å². The number of nitro benzene ring substituents is 1. The first-order valence-corrected chi connectivity index (χ1v) is 7.87. The fraction of sp³-hybridized carbons (Fsp3) is 0.500. The van der Waals surface area contributed by atoms with Crippen LogP contribution in [0.2, 0.25) is 0 Å². The maximum Gasteiger partial charge on any atom is 0.273 e. The van der Waals surface area contributed by atoms with Gasteiger partial charge >= 0.3 is 0 Å². The molecule has 1 aromatic rings. The molecule has 1 aromatic carbocycles. The largest absolute Gasteiger partial charge is 0.493 e. The summed E-state index contributed by atoms with van der Waals surface area (Å²) in [5.41, 5.74) is -0.0234. The third-order valence-electron chi connectivity index (χ3n) is 2.80. The molecule has 0 saturated carbocycles. The number of ether oxygens (including phenoxy) is 1. The molecule has 0 aliphatic rings. The Balaban J connectivity index is 2.37. The number of rotatable bonds is 8. The van der Waals surface area contributed by atoms with Crippen molar-refractivity contribution in [3.63, 3.8) is 0 Å². The Bertz CT molecular complexity index is 559. The average molecular weight is 302 g/mol. The number of hydrogen-bond acceptors (Lipinski definition) is 5. The summed E-state index contributed by atoms with van der Waals surface area (Å²) in [5, 5.41) is 15.5. The van der Waals surface area contributed by atoms with Gasteiger partial charge in [-0.3, -0.25) is 10.1 Å². The van der Waals surface area contributed by atoms with E-state index < -0.39 is 14.9 Å². The number of nitrogens with two attached hydrogens (primary N) is 1. The van der Waals surface area contributed by atoms with E-state index in [-0.39, 0.29) is 17.4 Å². The molecule has 1 unspecified atom stereocenters. The van der Waals surface area contributed by atoms with E-state index in [9.17, 15) is 18.5 Å². The van der Waals surface area contributed by atoms with Gasteiger partial charge in [-0.2, -0.15) is 0 Å². The van der Waals surface area contributed by atoms with Gasteiger partial charge in [0.1, 0.15) is 5.75 Å². The molecule has 112 valence electrons. The molecule has 0 saturated heterocycles. The second-order valence-corrected chi connectivity index (χ2v) is 6.39. The minimum absolute atomic E-state index is 0.0234. The Kier molecular flexibility index (Phi) is 5.90. The molecular weight excluding hydrogens is 284 g/mol. The summed E-state index contributed by atoms with van der Waals surface area (Å²) in [7, 11) is -3.43. The molecule has 0 aromatic heterocycles. The van der Waals surface area contributed by atoms with Crippen molar-refractivity contribution >= 4 is 15.7 Å². The lowest BCUT2D eigenvalue weighted by atomic mass is 10.1. The highest BCUT2D eigenvalue weighted by atomic mass is 32.2. The normalized spacial score (nSPS) is 12.9. The van der Waals surface area contributed by atoms with Crippen molar-refractivity contribution in [3.8, 4) is 5.75 Å². The highest BCUT2D eigenvalue weighted by molar-refractivity contribution is 7.89. The minimum atomic E-state index is -3.43. The van der Waals surface area contributed by atoms with Gasteiger partial charge in [-0.05, 0) is 24.8 Å². The molecule has 20 heavy (non-hydrogen) atoms. The number of nitrogens with zero attached hydrogens (tertiary/aromatic N) is 1. The summed E-state index contributed by atoms with van der Waals surface area (Å²) in [6, 6.07) is 5.94. The number of sulfonamides is 1. The van der Waals surface area contributed by atoms with Crippen LogP contribution in [0, 0.1) is 16.0 Å². The van der Waals surface area contributed by atoms with Crippen molar-refractivity contribution in [3.05, 3.63) is 34.4 Å². The molecule has 1 rings (SSSR count). The van der Waals surface area contributed by atoms with Crippen molar-refractivity contribution in [2.24, 2.45) is 11.1 Å². The number of primary sulfonamides is 1. The number of benzene rings is 1. The molecule has 8 heteroatoms. The summed E-state index contributed by atoms with van der Waals surface area (Å²) in [6.45, 7) is 2.27. The number of hydrogen-bond donors (Lipinski definition) is 1. The van der Waals surface area contributed by atoms with Crippen LogP contribution in [-0.4, -0.2) is 25.7 Å². The number of non-ortho nitro benzene ring substituents is 1. The molecule has 0 aliphatic carbocycles. The predicted octanol–water partition coefficient (Wildman–Crippen LogP) is 1.68. The van der Waals surface area contributed by atoms with Gasteiger partial charge in [0.2, 0.25) is 10.0 Å². The van der Waals surface area contributed by atoms with E-state index in [2.05, 4.69) is 0 Å². The van der Waals surface area contributed by atoms with Crippen LogP contribution >= 0.6 is 0 Å². The van der Waals surface area contributed by atoms with Gasteiger partial charge in [0.15, 0.2) is 0 Å². The summed E-state index contributed by atoms with van der Waals surface area (Å²) < 4.78 is 27.0. The topological polar surface area (TPSA) is 113 Å². The Morgan fingerprint density at radius 3 is 2.70 bits per heavy atom. The van der Waals surface area contributed by atoms with Crippen LogP contribution in [0.25, 0.3) is 0 Å². The fourth-order valence-electron chi connectivity index (χ4n) is 1.57. The second-order valence-electron chi connectivity index (χ2n) is 4.65. The molecular formula is C12H18N2O5S. The van der Waals surface area contributed by atoms with E-state index >= 15 is 0 Å². The van der Waals surface area contributed by atoms with Crippen LogP contribution in [0.3, 0.4) is 0 Å². The predicted molar refractivity (Wildman–Crippen MR) is 75.0 cm³/mol. The lowest BCUT2D eigenvalue weighted by Gasteiger charge is -2.11. The van der Waals surface area contributed by atoms with Gasteiger partial charge in [0, 0.05) is 6.07 Å². The monoisotopic (exact) mass is 302 g/mol. The average Bonchev–Trinajstić information content (AvgIpc) is 2.36. The quantitative estimate of drug-likeness (QED) is 0.580. The molecule has 0 fully saturated rings. The smallest absolute Gasteiger partial charge is 0.273 e. The molecule has 0 aliphatic heterocycles. The van der Waals surface area contributed by atoms with Gasteiger partial charge in [-0.1, -0.05) is 13.0 Å². The van der Waals surface area contributed by atoms with Crippen LogP contribution in [0.15, 0.2) is 24.3 Å². The SMILES string of the molecule is CC(CCOc1cccc([N+](=O)[O-])c1)CCS(N)(=O)=O. The summed E-state index contributed by atoms with van der Waals surface area (Å²) in [5.74, 6) is 0.523. The van der Waals surface area contributed by atoms with E-state index in [1.165, 1.54) is 12.1 Å². The van der Waals surface area contributed by atoms with Crippen LogP contribution < -0.4 is 9.88 Å². The molecule has 0 amide bonds. The third kappa shape index (κ3) is 6.48. The highest BCUT2D eigenvalue weighted by Gasteiger charge is 2.09. The minimum Gasteiger partial charge on any atom is -0.493 e. The molecule has 1 atom stereocenters. The molecule has 0 heterocycles. The number of nitro groups is 1. The fourth-order valence-corrected chi connectivity index (χ4v) is 2.31. The van der Waals surface area contributed by atoms with Crippen LogP contribution in [0.5, 0.6) is 5.75 Å². The van der Waals surface area contributed by atoms with Crippen molar-refractivity contribution in [1.82, 2.24) is 0 Å². The molecule has 7 nitrogen and oxygen atoms in total. The van der Waals surface area contributed by atoms with Gasteiger partial charge in [0.05, 0.1) is 23.3 Å². The molecule has 0 bridgehead atoms. The van der Waals surface area contributed by atoms with Crippen molar-refractivity contribution in [1.29, 1.82) is 0 Å². The molecule has 0 radical (unpaired) electrons.